The highest BCUT2D eigenvalue weighted by Crippen LogP contribution is 2.38. The van der Waals surface area contributed by atoms with Gasteiger partial charge in [-0.1, -0.05) is 264 Å². The Balaban J connectivity index is 4.01. The standard InChI is InChI=1S/C66H117N2O6P/c1-6-8-10-12-14-16-18-20-22-23-24-25-26-27-28-29-30-31-32-33-34-35-36-37-38-39-40-41-42-43-44-45-46-48-50-52-54-56-58-60-66(70)67-64(63-74-75(71,72)73-62-61-68(3,4)5)65(69)59-57-55-53-51-49-47-21-19-17-15-13-11-9-7-2/h8,10,14,16,20,22,24-25,27-28,30-31,33-34,49,51,57,59,64-65,69H,6-7,9,11-13,15,17-19,21,23,26,29,32,35-48,50,52-56,58,60-63H2,1-5H3,(H-,67,70,71,72)/b10-8-,16-14-,22-20-,25-24-,28-27-,31-30-,34-33-,51-49+,59-57+. The van der Waals surface area contributed by atoms with E-state index >= 15 is 0 Å². The number of nitrogens with one attached hydrogen (secondary N) is 1. The van der Waals surface area contributed by atoms with Crippen molar-refractivity contribution in [1.29, 1.82) is 0 Å². The molecule has 3 atom stereocenters. The maximum atomic E-state index is 13.0. The predicted octanol–water partition coefficient (Wildman–Crippen LogP) is 18.5. The van der Waals surface area contributed by atoms with Gasteiger partial charge in [-0.2, -0.15) is 0 Å². The van der Waals surface area contributed by atoms with Crippen LogP contribution in [-0.4, -0.2) is 68.5 Å². The average Bonchev–Trinajstić information content (AvgIpc) is 3.37. The molecule has 0 radical (unpaired) electrons. The molecule has 2 N–H and O–H groups in total. The van der Waals surface area contributed by atoms with Crippen molar-refractivity contribution in [2.45, 2.75) is 264 Å². The van der Waals surface area contributed by atoms with Crippen LogP contribution in [0.15, 0.2) is 109 Å². The number of carbonyl (C=O) groups excluding carboxylic acids is 1. The van der Waals surface area contributed by atoms with Gasteiger partial charge in [0.2, 0.25) is 5.91 Å². The highest BCUT2D eigenvalue weighted by molar-refractivity contribution is 7.45. The SMILES string of the molecule is CC/C=C\C/C=C\C/C=C\C/C=C\C/C=C\C/C=C\C/C=C\CCCCCCCCCCCCCCCCCCCC(=O)NC(COP(=O)([O-])OCC[N+](C)(C)C)C(O)/C=C/CC/C=C/CCCCCCCCCC. The minimum absolute atomic E-state index is 0.00925. The summed E-state index contributed by atoms with van der Waals surface area (Å²) in [5, 5.41) is 13.8. The first-order valence-corrected chi connectivity index (χ1v) is 32.2. The third-order valence-electron chi connectivity index (χ3n) is 13.2. The summed E-state index contributed by atoms with van der Waals surface area (Å²) >= 11 is 0. The molecule has 3 unspecified atom stereocenters. The van der Waals surface area contributed by atoms with Crippen LogP contribution in [0.4, 0.5) is 0 Å². The molecule has 0 aliphatic carbocycles. The number of allylic oxidation sites excluding steroid dienone is 17. The Morgan fingerprint density at radius 1 is 0.480 bits per heavy atom. The molecule has 0 saturated carbocycles. The second-order valence-corrected chi connectivity index (χ2v) is 23.1. The lowest BCUT2D eigenvalue weighted by atomic mass is 10.0. The van der Waals surface area contributed by atoms with Crippen molar-refractivity contribution >= 4 is 13.7 Å². The molecule has 0 aliphatic heterocycles. The molecular weight excluding hydrogens is 948 g/mol. The van der Waals surface area contributed by atoms with Crippen molar-refractivity contribution in [2.24, 2.45) is 0 Å². The Labute approximate surface area is 463 Å². The summed E-state index contributed by atoms with van der Waals surface area (Å²) in [7, 11) is 1.24. The van der Waals surface area contributed by atoms with Crippen LogP contribution in [0.5, 0.6) is 0 Å². The zero-order chi connectivity index (χ0) is 54.9. The van der Waals surface area contributed by atoms with Gasteiger partial charge < -0.3 is 28.8 Å². The van der Waals surface area contributed by atoms with Crippen LogP contribution in [0.2, 0.25) is 0 Å². The number of aliphatic hydroxyl groups excluding tert-OH is 1. The molecule has 0 heterocycles. The van der Waals surface area contributed by atoms with E-state index in [0.717, 1.165) is 83.5 Å². The van der Waals surface area contributed by atoms with Gasteiger partial charge in [0.05, 0.1) is 39.9 Å². The van der Waals surface area contributed by atoms with Crippen LogP contribution in [0, 0.1) is 0 Å². The zero-order valence-corrected chi connectivity index (χ0v) is 50.1. The van der Waals surface area contributed by atoms with Crippen LogP contribution >= 0.6 is 7.82 Å². The van der Waals surface area contributed by atoms with Crippen molar-refractivity contribution in [3.8, 4) is 0 Å². The van der Waals surface area contributed by atoms with Crippen LogP contribution in [0.25, 0.3) is 0 Å². The first-order chi connectivity index (χ1) is 36.5. The number of hydrogen-bond donors (Lipinski definition) is 2. The van der Waals surface area contributed by atoms with Gasteiger partial charge in [-0.25, -0.2) is 0 Å². The molecule has 9 heteroatoms. The minimum Gasteiger partial charge on any atom is -0.756 e. The molecule has 8 nitrogen and oxygen atoms in total. The van der Waals surface area contributed by atoms with Crippen molar-refractivity contribution < 1.29 is 32.9 Å². The van der Waals surface area contributed by atoms with E-state index < -0.39 is 26.6 Å². The average molecular weight is 1070 g/mol. The number of aliphatic hydroxyl groups is 1. The quantitative estimate of drug-likeness (QED) is 0.0272. The molecule has 0 aromatic heterocycles. The van der Waals surface area contributed by atoms with Crippen LogP contribution in [0.3, 0.4) is 0 Å². The molecule has 1 amide bonds. The number of likely N-dealkylation sites (N-methyl/N-ethyl adjacent to an activating group) is 1. The molecule has 0 saturated heterocycles. The first-order valence-electron chi connectivity index (χ1n) is 30.7. The Bertz CT molecular complexity index is 1590. The van der Waals surface area contributed by atoms with Gasteiger partial charge in [-0.05, 0) is 89.9 Å². The number of phosphoric ester groups is 1. The third kappa shape index (κ3) is 58.7. The van der Waals surface area contributed by atoms with E-state index in [-0.39, 0.29) is 12.5 Å². The second kappa shape index (κ2) is 55.9. The van der Waals surface area contributed by atoms with E-state index in [9.17, 15) is 19.4 Å². The Morgan fingerprint density at radius 2 is 0.827 bits per heavy atom. The Kier molecular flexibility index (Phi) is 53.8. The summed E-state index contributed by atoms with van der Waals surface area (Å²) in [6, 6.07) is -0.907. The minimum atomic E-state index is -4.61. The number of carbonyl (C=O) groups is 1. The summed E-state index contributed by atoms with van der Waals surface area (Å²) in [5.41, 5.74) is 0. The number of phosphoric acid groups is 1. The fourth-order valence-electron chi connectivity index (χ4n) is 8.44. The summed E-state index contributed by atoms with van der Waals surface area (Å²) < 4.78 is 23.3. The van der Waals surface area contributed by atoms with Gasteiger partial charge in [0.25, 0.3) is 7.82 Å². The Morgan fingerprint density at radius 3 is 1.24 bits per heavy atom. The highest BCUT2D eigenvalue weighted by Gasteiger charge is 2.23. The van der Waals surface area contributed by atoms with E-state index in [0.29, 0.717) is 17.4 Å². The lowest BCUT2D eigenvalue weighted by Crippen LogP contribution is -2.45. The normalized spacial score (nSPS) is 14.6. The summed E-state index contributed by atoms with van der Waals surface area (Å²) in [5.74, 6) is -0.209. The number of hydrogen-bond acceptors (Lipinski definition) is 6. The number of unbranched alkanes of at least 4 members (excludes halogenated alkanes) is 26. The Hall–Kier alpha value is -2.84. The third-order valence-corrected chi connectivity index (χ3v) is 14.2. The first kappa shape index (κ1) is 72.2. The van der Waals surface area contributed by atoms with E-state index in [2.05, 4.69) is 116 Å². The van der Waals surface area contributed by atoms with E-state index in [4.69, 9.17) is 9.05 Å². The molecule has 0 spiro atoms. The van der Waals surface area contributed by atoms with E-state index in [1.54, 1.807) is 6.08 Å². The fraction of sp³-hybridized carbons (Fsp3) is 0.712. The molecule has 75 heavy (non-hydrogen) atoms. The van der Waals surface area contributed by atoms with Crippen LogP contribution in [0.1, 0.15) is 251 Å². The molecule has 0 aromatic rings. The highest BCUT2D eigenvalue weighted by atomic mass is 31.2. The van der Waals surface area contributed by atoms with Crippen molar-refractivity contribution in [3.05, 3.63) is 109 Å². The van der Waals surface area contributed by atoms with Crippen molar-refractivity contribution in [2.75, 3.05) is 40.9 Å². The molecule has 0 aliphatic rings. The summed E-state index contributed by atoms with van der Waals surface area (Å²) in [4.78, 5) is 25.5. The molecule has 432 valence electrons. The monoisotopic (exact) mass is 1060 g/mol. The fourth-order valence-corrected chi connectivity index (χ4v) is 9.17. The van der Waals surface area contributed by atoms with Gasteiger partial charge in [-0.15, -0.1) is 0 Å². The van der Waals surface area contributed by atoms with Gasteiger partial charge in [0.15, 0.2) is 0 Å². The van der Waals surface area contributed by atoms with Gasteiger partial charge >= 0.3 is 0 Å². The van der Waals surface area contributed by atoms with Crippen LogP contribution in [-0.2, 0) is 18.4 Å². The molecule has 0 fully saturated rings. The van der Waals surface area contributed by atoms with Crippen LogP contribution < -0.4 is 10.2 Å². The van der Waals surface area contributed by atoms with Crippen molar-refractivity contribution in [3.63, 3.8) is 0 Å². The number of nitrogens with zero attached hydrogens (tertiary/aromatic N) is 1. The second-order valence-electron chi connectivity index (χ2n) is 21.7. The van der Waals surface area contributed by atoms with Crippen molar-refractivity contribution in [1.82, 2.24) is 5.32 Å². The summed E-state index contributed by atoms with van der Waals surface area (Å²) in [6.07, 6.45) is 81.9. The van der Waals surface area contributed by atoms with E-state index in [1.165, 1.54) is 148 Å². The zero-order valence-electron chi connectivity index (χ0n) is 49.2. The molecule has 0 bridgehead atoms. The van der Waals surface area contributed by atoms with Gasteiger partial charge in [0, 0.05) is 6.42 Å². The lowest BCUT2D eigenvalue weighted by molar-refractivity contribution is -0.870. The summed E-state index contributed by atoms with van der Waals surface area (Å²) in [6.45, 7) is 4.50. The number of quaternary nitrogens is 1. The lowest BCUT2D eigenvalue weighted by Gasteiger charge is -2.29. The maximum absolute atomic E-state index is 13.0. The maximum Gasteiger partial charge on any atom is 0.268 e. The van der Waals surface area contributed by atoms with Gasteiger partial charge in [-0.3, -0.25) is 9.36 Å². The number of amides is 1. The predicted molar refractivity (Wildman–Crippen MR) is 325 cm³/mol. The molecule has 0 rings (SSSR count). The smallest absolute Gasteiger partial charge is 0.268 e. The molecule has 0 aromatic carbocycles. The van der Waals surface area contributed by atoms with Gasteiger partial charge in [0.1, 0.15) is 13.2 Å². The number of rotatable bonds is 55. The largest absolute Gasteiger partial charge is 0.756 e. The van der Waals surface area contributed by atoms with E-state index in [1.807, 2.05) is 27.2 Å². The molecular formula is C66H117N2O6P. The topological polar surface area (TPSA) is 108 Å².